The monoisotopic (exact) mass is 346 g/mol. The first-order valence-corrected chi connectivity index (χ1v) is 9.78. The normalized spacial score (nSPS) is 24.2. The minimum absolute atomic E-state index is 0.559. The highest BCUT2D eigenvalue weighted by atomic mass is 32.2. The van der Waals surface area contributed by atoms with Gasteiger partial charge in [0.2, 0.25) is 0 Å². The summed E-state index contributed by atoms with van der Waals surface area (Å²) in [6.07, 6.45) is 8.58. The SMILES string of the molecule is CCCn1c(SCC2(O)CCC(C)CC2)nnc1-c1ccncc1. The summed E-state index contributed by atoms with van der Waals surface area (Å²) in [4.78, 5) is 4.07. The number of hydrogen-bond acceptors (Lipinski definition) is 5. The highest BCUT2D eigenvalue weighted by Gasteiger charge is 2.32. The fourth-order valence-corrected chi connectivity index (χ4v) is 4.30. The van der Waals surface area contributed by atoms with E-state index in [2.05, 4.69) is 33.6 Å². The van der Waals surface area contributed by atoms with Gasteiger partial charge in [-0.05, 0) is 50.2 Å². The number of rotatable bonds is 6. The molecule has 2 aromatic heterocycles. The highest BCUT2D eigenvalue weighted by Crippen LogP contribution is 2.36. The molecule has 0 atom stereocenters. The maximum atomic E-state index is 10.8. The number of aromatic nitrogens is 4. The third-order valence-electron chi connectivity index (χ3n) is 4.78. The molecule has 0 saturated heterocycles. The van der Waals surface area contributed by atoms with Crippen LogP contribution in [0.3, 0.4) is 0 Å². The topological polar surface area (TPSA) is 63.8 Å². The third kappa shape index (κ3) is 3.98. The minimum Gasteiger partial charge on any atom is -0.389 e. The number of thioether (sulfide) groups is 1. The predicted octanol–water partition coefficient (Wildman–Crippen LogP) is 3.78. The van der Waals surface area contributed by atoms with E-state index < -0.39 is 5.60 Å². The molecule has 0 aromatic carbocycles. The Kier molecular flexibility index (Phi) is 5.56. The predicted molar refractivity (Wildman–Crippen MR) is 96.8 cm³/mol. The van der Waals surface area contributed by atoms with Gasteiger partial charge in [-0.15, -0.1) is 10.2 Å². The van der Waals surface area contributed by atoms with Crippen LogP contribution in [-0.4, -0.2) is 36.2 Å². The Bertz CT molecular complexity index is 650. The Morgan fingerprint density at radius 2 is 1.96 bits per heavy atom. The van der Waals surface area contributed by atoms with Crippen LogP contribution in [0.25, 0.3) is 11.4 Å². The fourth-order valence-electron chi connectivity index (χ4n) is 3.18. The molecule has 1 aliphatic rings. The van der Waals surface area contributed by atoms with Crippen LogP contribution in [0.1, 0.15) is 46.0 Å². The maximum absolute atomic E-state index is 10.8. The lowest BCUT2D eigenvalue weighted by molar-refractivity contribution is 0.0149. The van der Waals surface area contributed by atoms with Crippen LogP contribution >= 0.6 is 11.8 Å². The van der Waals surface area contributed by atoms with Crippen molar-refractivity contribution < 1.29 is 5.11 Å². The van der Waals surface area contributed by atoms with E-state index >= 15 is 0 Å². The molecular weight excluding hydrogens is 320 g/mol. The maximum Gasteiger partial charge on any atom is 0.191 e. The second kappa shape index (κ2) is 7.66. The lowest BCUT2D eigenvalue weighted by Crippen LogP contribution is -2.36. The average molecular weight is 346 g/mol. The van der Waals surface area contributed by atoms with E-state index in [0.717, 1.165) is 61.1 Å². The van der Waals surface area contributed by atoms with Gasteiger partial charge < -0.3 is 9.67 Å². The summed E-state index contributed by atoms with van der Waals surface area (Å²) in [5.41, 5.74) is 0.472. The summed E-state index contributed by atoms with van der Waals surface area (Å²) in [5, 5.41) is 20.5. The highest BCUT2D eigenvalue weighted by molar-refractivity contribution is 7.99. The van der Waals surface area contributed by atoms with Gasteiger partial charge in [0, 0.05) is 30.3 Å². The number of pyridine rings is 1. The molecule has 130 valence electrons. The van der Waals surface area contributed by atoms with Gasteiger partial charge in [-0.25, -0.2) is 0 Å². The Labute approximate surface area is 147 Å². The molecule has 0 spiro atoms. The second-order valence-electron chi connectivity index (χ2n) is 6.89. The van der Waals surface area contributed by atoms with E-state index in [1.165, 1.54) is 0 Å². The van der Waals surface area contributed by atoms with Crippen LogP contribution in [0.15, 0.2) is 29.7 Å². The molecule has 5 nitrogen and oxygen atoms in total. The summed E-state index contributed by atoms with van der Waals surface area (Å²) >= 11 is 1.63. The van der Waals surface area contributed by atoms with Gasteiger partial charge in [0.25, 0.3) is 0 Å². The molecule has 24 heavy (non-hydrogen) atoms. The number of nitrogens with zero attached hydrogens (tertiary/aromatic N) is 4. The third-order valence-corrected chi connectivity index (χ3v) is 6.02. The molecule has 2 aromatic rings. The standard InChI is InChI=1S/C18H26N4OS/c1-3-12-22-16(15-6-10-19-11-7-15)20-21-17(22)24-13-18(23)8-4-14(2)5-9-18/h6-7,10-11,14,23H,3-5,8-9,12-13H2,1-2H3. The molecule has 0 radical (unpaired) electrons. The average Bonchev–Trinajstić information content (AvgIpc) is 3.00. The van der Waals surface area contributed by atoms with Crippen molar-refractivity contribution in [3.63, 3.8) is 0 Å². The first-order chi connectivity index (χ1) is 11.6. The Morgan fingerprint density at radius 1 is 1.25 bits per heavy atom. The Hall–Kier alpha value is -1.40. The molecule has 2 heterocycles. The van der Waals surface area contributed by atoms with Crippen LogP contribution in [0, 0.1) is 5.92 Å². The lowest BCUT2D eigenvalue weighted by Gasteiger charge is -2.34. The number of aliphatic hydroxyl groups is 1. The van der Waals surface area contributed by atoms with Crippen LogP contribution in [0.5, 0.6) is 0 Å². The smallest absolute Gasteiger partial charge is 0.191 e. The van der Waals surface area contributed by atoms with E-state index in [1.807, 2.05) is 12.1 Å². The van der Waals surface area contributed by atoms with Crippen molar-refractivity contribution >= 4 is 11.8 Å². The second-order valence-corrected chi connectivity index (χ2v) is 7.83. The minimum atomic E-state index is -0.559. The first kappa shape index (κ1) is 17.4. The fraction of sp³-hybridized carbons (Fsp3) is 0.611. The van der Waals surface area contributed by atoms with Gasteiger partial charge in [0.15, 0.2) is 11.0 Å². The summed E-state index contributed by atoms with van der Waals surface area (Å²) < 4.78 is 2.16. The van der Waals surface area contributed by atoms with Gasteiger partial charge in [-0.3, -0.25) is 4.98 Å². The lowest BCUT2D eigenvalue weighted by atomic mass is 9.81. The van der Waals surface area contributed by atoms with Crippen LogP contribution in [0.4, 0.5) is 0 Å². The van der Waals surface area contributed by atoms with Gasteiger partial charge in [-0.1, -0.05) is 25.6 Å². The molecule has 1 saturated carbocycles. The molecular formula is C18H26N4OS. The Morgan fingerprint density at radius 3 is 2.62 bits per heavy atom. The van der Waals surface area contributed by atoms with E-state index in [9.17, 15) is 5.11 Å². The summed E-state index contributed by atoms with van der Waals surface area (Å²) in [6, 6.07) is 3.92. The van der Waals surface area contributed by atoms with Gasteiger partial charge in [-0.2, -0.15) is 0 Å². The van der Waals surface area contributed by atoms with Crippen molar-refractivity contribution in [2.75, 3.05) is 5.75 Å². The van der Waals surface area contributed by atoms with Crippen LogP contribution in [0.2, 0.25) is 0 Å². The molecule has 1 N–H and O–H groups in total. The van der Waals surface area contributed by atoms with Crippen molar-refractivity contribution in [3.05, 3.63) is 24.5 Å². The van der Waals surface area contributed by atoms with E-state index in [-0.39, 0.29) is 0 Å². The van der Waals surface area contributed by atoms with Crippen molar-refractivity contribution in [1.29, 1.82) is 0 Å². The molecule has 0 amide bonds. The quantitative estimate of drug-likeness (QED) is 0.806. The van der Waals surface area contributed by atoms with Crippen molar-refractivity contribution in [3.8, 4) is 11.4 Å². The molecule has 0 unspecified atom stereocenters. The molecule has 3 rings (SSSR count). The molecule has 1 aliphatic carbocycles. The van der Waals surface area contributed by atoms with Crippen LogP contribution in [-0.2, 0) is 6.54 Å². The van der Waals surface area contributed by atoms with Crippen molar-refractivity contribution in [2.24, 2.45) is 5.92 Å². The zero-order valence-electron chi connectivity index (χ0n) is 14.5. The molecule has 1 fully saturated rings. The molecule has 0 bridgehead atoms. The van der Waals surface area contributed by atoms with E-state index in [4.69, 9.17) is 0 Å². The van der Waals surface area contributed by atoms with Gasteiger partial charge in [0.05, 0.1) is 5.60 Å². The van der Waals surface area contributed by atoms with Gasteiger partial charge >= 0.3 is 0 Å². The van der Waals surface area contributed by atoms with Gasteiger partial charge in [0.1, 0.15) is 0 Å². The van der Waals surface area contributed by atoms with Crippen LogP contribution < -0.4 is 0 Å². The van der Waals surface area contributed by atoms with E-state index in [0.29, 0.717) is 5.75 Å². The molecule has 0 aliphatic heterocycles. The summed E-state index contributed by atoms with van der Waals surface area (Å²) in [5.74, 6) is 2.31. The summed E-state index contributed by atoms with van der Waals surface area (Å²) in [7, 11) is 0. The first-order valence-electron chi connectivity index (χ1n) is 8.80. The zero-order valence-corrected chi connectivity index (χ0v) is 15.3. The van der Waals surface area contributed by atoms with Crippen molar-refractivity contribution in [2.45, 2.75) is 63.3 Å². The zero-order chi connectivity index (χ0) is 17.0. The van der Waals surface area contributed by atoms with Crippen molar-refractivity contribution in [1.82, 2.24) is 19.7 Å². The largest absolute Gasteiger partial charge is 0.389 e. The van der Waals surface area contributed by atoms with E-state index in [1.54, 1.807) is 24.2 Å². The number of hydrogen-bond donors (Lipinski definition) is 1. The molecule has 6 heteroatoms. The Balaban J connectivity index is 1.75. The summed E-state index contributed by atoms with van der Waals surface area (Å²) in [6.45, 7) is 5.30.